The summed E-state index contributed by atoms with van der Waals surface area (Å²) >= 11 is 0. The standard InChI is InChI=1S/C17H16N4O/c18-17-15-10-21(5-6-22)9-14(15)13-2-1-11(7-16(13)20-17)12-3-4-19-8-12/h1-4,7,9-10,22H,5-6,8H2,(H2,18,20). The topological polar surface area (TPSA) is 76.4 Å². The van der Waals surface area contributed by atoms with Crippen molar-refractivity contribution in [2.75, 3.05) is 18.9 Å². The van der Waals surface area contributed by atoms with Gasteiger partial charge in [0.15, 0.2) is 0 Å². The van der Waals surface area contributed by atoms with Crippen molar-refractivity contribution in [2.24, 2.45) is 4.99 Å². The number of aromatic nitrogens is 2. The molecule has 22 heavy (non-hydrogen) atoms. The van der Waals surface area contributed by atoms with Crippen LogP contribution in [-0.2, 0) is 6.54 Å². The highest BCUT2D eigenvalue weighted by Crippen LogP contribution is 2.31. The van der Waals surface area contributed by atoms with Gasteiger partial charge in [0.25, 0.3) is 0 Å². The van der Waals surface area contributed by atoms with Gasteiger partial charge in [0.1, 0.15) is 5.82 Å². The largest absolute Gasteiger partial charge is 0.395 e. The Morgan fingerprint density at radius 2 is 2.05 bits per heavy atom. The normalized spacial score (nSPS) is 14.1. The van der Waals surface area contributed by atoms with Crippen molar-refractivity contribution in [3.63, 3.8) is 0 Å². The predicted octanol–water partition coefficient (Wildman–Crippen LogP) is 2.23. The van der Waals surface area contributed by atoms with Gasteiger partial charge >= 0.3 is 0 Å². The van der Waals surface area contributed by atoms with Crippen LogP contribution in [0.15, 0.2) is 41.7 Å². The van der Waals surface area contributed by atoms with E-state index < -0.39 is 0 Å². The Kier molecular flexibility index (Phi) is 2.94. The van der Waals surface area contributed by atoms with E-state index in [9.17, 15) is 0 Å². The van der Waals surface area contributed by atoms with Gasteiger partial charge in [-0.15, -0.1) is 0 Å². The molecule has 0 amide bonds. The molecule has 0 fully saturated rings. The number of anilines is 1. The molecule has 0 unspecified atom stereocenters. The van der Waals surface area contributed by atoms with E-state index in [1.54, 1.807) is 0 Å². The molecular formula is C17H16N4O. The molecule has 0 saturated carbocycles. The number of nitrogens with zero attached hydrogens (tertiary/aromatic N) is 3. The van der Waals surface area contributed by atoms with Gasteiger partial charge in [0.2, 0.25) is 0 Å². The summed E-state index contributed by atoms with van der Waals surface area (Å²) < 4.78 is 1.95. The molecule has 5 nitrogen and oxygen atoms in total. The van der Waals surface area contributed by atoms with Gasteiger partial charge in [-0.25, -0.2) is 4.98 Å². The van der Waals surface area contributed by atoms with E-state index in [1.165, 1.54) is 5.57 Å². The molecule has 110 valence electrons. The number of aliphatic hydroxyl groups is 1. The number of aliphatic imine (C=N–C) groups is 1. The van der Waals surface area contributed by atoms with Crippen LogP contribution in [0, 0.1) is 0 Å². The Hall–Kier alpha value is -2.66. The maximum Gasteiger partial charge on any atom is 0.133 e. The SMILES string of the molecule is Nc1nc2cc(C3=CC=NC3)ccc2c2cn(CCO)cc12. The molecule has 1 aliphatic rings. The number of pyridine rings is 1. The molecule has 0 atom stereocenters. The van der Waals surface area contributed by atoms with Gasteiger partial charge in [-0.3, -0.25) is 4.99 Å². The van der Waals surface area contributed by atoms with Crippen LogP contribution < -0.4 is 5.73 Å². The Morgan fingerprint density at radius 3 is 2.82 bits per heavy atom. The average Bonchev–Trinajstić information content (AvgIpc) is 3.17. The van der Waals surface area contributed by atoms with E-state index in [0.29, 0.717) is 12.4 Å². The summed E-state index contributed by atoms with van der Waals surface area (Å²) in [6.07, 6.45) is 7.82. The zero-order chi connectivity index (χ0) is 15.1. The average molecular weight is 292 g/mol. The lowest BCUT2D eigenvalue weighted by Crippen LogP contribution is -1.97. The van der Waals surface area contributed by atoms with Gasteiger partial charge < -0.3 is 15.4 Å². The second-order valence-corrected chi connectivity index (χ2v) is 5.46. The third-order valence-electron chi connectivity index (χ3n) is 4.06. The number of nitrogens with two attached hydrogens (primary N) is 1. The molecule has 3 N–H and O–H groups in total. The predicted molar refractivity (Wildman–Crippen MR) is 90.1 cm³/mol. The first kappa shape index (κ1) is 13.0. The molecule has 2 aromatic heterocycles. The molecule has 3 aromatic rings. The molecule has 1 aliphatic heterocycles. The highest BCUT2D eigenvalue weighted by atomic mass is 16.3. The Morgan fingerprint density at radius 1 is 1.18 bits per heavy atom. The monoisotopic (exact) mass is 292 g/mol. The lowest BCUT2D eigenvalue weighted by molar-refractivity contribution is 0.276. The lowest BCUT2D eigenvalue weighted by Gasteiger charge is -2.06. The van der Waals surface area contributed by atoms with Gasteiger partial charge in [0, 0.05) is 41.3 Å². The number of allylic oxidation sites excluding steroid dienone is 1. The van der Waals surface area contributed by atoms with Crippen LogP contribution in [0.25, 0.3) is 27.2 Å². The Balaban J connectivity index is 1.92. The molecular weight excluding hydrogens is 276 g/mol. The quantitative estimate of drug-likeness (QED) is 0.777. The fraction of sp³-hybridized carbons (Fsp3) is 0.176. The molecule has 0 spiro atoms. The number of aliphatic hydroxyl groups excluding tert-OH is 1. The zero-order valence-corrected chi connectivity index (χ0v) is 12.0. The van der Waals surface area contributed by atoms with Crippen LogP contribution in [0.2, 0.25) is 0 Å². The van der Waals surface area contributed by atoms with E-state index >= 15 is 0 Å². The fourth-order valence-electron chi connectivity index (χ4n) is 2.95. The number of fused-ring (bicyclic) bond motifs is 3. The molecule has 3 heterocycles. The minimum absolute atomic E-state index is 0.102. The Bertz CT molecular complexity index is 937. The van der Waals surface area contributed by atoms with Crippen LogP contribution in [0.4, 0.5) is 5.82 Å². The van der Waals surface area contributed by atoms with Crippen molar-refractivity contribution in [3.05, 3.63) is 42.2 Å². The third kappa shape index (κ3) is 1.98. The summed E-state index contributed by atoms with van der Waals surface area (Å²) in [6.45, 7) is 1.37. The smallest absolute Gasteiger partial charge is 0.133 e. The molecule has 0 saturated heterocycles. The van der Waals surface area contributed by atoms with Crippen molar-refractivity contribution in [3.8, 4) is 0 Å². The molecule has 0 bridgehead atoms. The number of hydrogen-bond acceptors (Lipinski definition) is 4. The molecule has 5 heteroatoms. The number of hydrogen-bond donors (Lipinski definition) is 2. The summed E-state index contributed by atoms with van der Waals surface area (Å²) in [5, 5.41) is 12.2. The maximum atomic E-state index is 9.10. The van der Waals surface area contributed by atoms with Crippen LogP contribution in [-0.4, -0.2) is 34.0 Å². The van der Waals surface area contributed by atoms with E-state index in [4.69, 9.17) is 10.8 Å². The van der Waals surface area contributed by atoms with Gasteiger partial charge in [0.05, 0.1) is 18.7 Å². The number of benzene rings is 1. The molecule has 0 aliphatic carbocycles. The second kappa shape index (κ2) is 4.96. The summed E-state index contributed by atoms with van der Waals surface area (Å²) in [7, 11) is 0. The van der Waals surface area contributed by atoms with Gasteiger partial charge in [-0.2, -0.15) is 0 Å². The van der Waals surface area contributed by atoms with Crippen molar-refractivity contribution in [1.82, 2.24) is 9.55 Å². The van der Waals surface area contributed by atoms with Crippen LogP contribution in [0.1, 0.15) is 5.56 Å². The van der Waals surface area contributed by atoms with Gasteiger partial charge in [-0.05, 0) is 23.3 Å². The lowest BCUT2D eigenvalue weighted by atomic mass is 10.0. The van der Waals surface area contributed by atoms with Crippen LogP contribution in [0.3, 0.4) is 0 Å². The van der Waals surface area contributed by atoms with Crippen LogP contribution in [0.5, 0.6) is 0 Å². The zero-order valence-electron chi connectivity index (χ0n) is 12.0. The first-order valence-electron chi connectivity index (χ1n) is 7.25. The van der Waals surface area contributed by atoms with E-state index in [-0.39, 0.29) is 6.61 Å². The summed E-state index contributed by atoms with van der Waals surface area (Å²) in [5.41, 5.74) is 9.32. The highest BCUT2D eigenvalue weighted by molar-refractivity contribution is 6.10. The fourth-order valence-corrected chi connectivity index (χ4v) is 2.95. The van der Waals surface area contributed by atoms with Crippen molar-refractivity contribution in [2.45, 2.75) is 6.54 Å². The first-order valence-corrected chi connectivity index (χ1v) is 7.25. The van der Waals surface area contributed by atoms with Crippen molar-refractivity contribution >= 4 is 39.3 Å². The summed E-state index contributed by atoms with van der Waals surface area (Å²) in [5.74, 6) is 0.521. The second-order valence-electron chi connectivity index (χ2n) is 5.46. The minimum Gasteiger partial charge on any atom is -0.395 e. The maximum absolute atomic E-state index is 9.10. The number of rotatable bonds is 3. The van der Waals surface area contributed by atoms with Crippen molar-refractivity contribution < 1.29 is 5.11 Å². The van der Waals surface area contributed by atoms with E-state index in [2.05, 4.69) is 28.2 Å². The first-order chi connectivity index (χ1) is 10.8. The molecule has 4 rings (SSSR count). The minimum atomic E-state index is 0.102. The molecule has 0 radical (unpaired) electrons. The summed E-state index contributed by atoms with van der Waals surface area (Å²) in [6, 6.07) is 6.25. The highest BCUT2D eigenvalue weighted by Gasteiger charge is 2.11. The van der Waals surface area contributed by atoms with Crippen LogP contribution >= 0.6 is 0 Å². The van der Waals surface area contributed by atoms with E-state index in [0.717, 1.165) is 33.8 Å². The third-order valence-corrected chi connectivity index (χ3v) is 4.06. The summed E-state index contributed by atoms with van der Waals surface area (Å²) in [4.78, 5) is 8.77. The van der Waals surface area contributed by atoms with E-state index in [1.807, 2.05) is 29.3 Å². The van der Waals surface area contributed by atoms with Crippen molar-refractivity contribution in [1.29, 1.82) is 0 Å². The Labute approximate surface area is 127 Å². The number of nitrogen functional groups attached to an aromatic ring is 1. The molecule has 1 aromatic carbocycles. The van der Waals surface area contributed by atoms with Gasteiger partial charge in [-0.1, -0.05) is 12.1 Å².